The lowest BCUT2D eigenvalue weighted by Gasteiger charge is -2.13. The van der Waals surface area contributed by atoms with E-state index in [1.165, 1.54) is 6.07 Å². The largest absolute Gasteiger partial charge is 0.487 e. The zero-order chi connectivity index (χ0) is 13.1. The van der Waals surface area contributed by atoms with Crippen molar-refractivity contribution in [1.29, 1.82) is 5.26 Å². The average molecular weight is 262 g/mol. The standard InChI is InChI=1S/C11H7ClF3NO/c1-7(12)6-17-10-3-2-8(5-16)4-9(10)11(13,14)15/h2-4H,1,6H2. The van der Waals surface area contributed by atoms with Gasteiger partial charge < -0.3 is 4.74 Å². The number of rotatable bonds is 3. The molecule has 0 N–H and O–H groups in total. The fraction of sp³-hybridized carbons (Fsp3) is 0.182. The second-order valence-electron chi connectivity index (χ2n) is 3.13. The summed E-state index contributed by atoms with van der Waals surface area (Å²) in [6.45, 7) is 3.08. The van der Waals surface area contributed by atoms with Gasteiger partial charge in [-0.25, -0.2) is 0 Å². The smallest absolute Gasteiger partial charge is 0.420 e. The molecular weight excluding hydrogens is 255 g/mol. The van der Waals surface area contributed by atoms with Crippen molar-refractivity contribution in [2.24, 2.45) is 0 Å². The van der Waals surface area contributed by atoms with Crippen LogP contribution in [-0.4, -0.2) is 6.61 Å². The summed E-state index contributed by atoms with van der Waals surface area (Å²) in [6.07, 6.45) is -4.59. The molecule has 0 radical (unpaired) electrons. The van der Waals surface area contributed by atoms with E-state index in [2.05, 4.69) is 6.58 Å². The molecule has 0 bridgehead atoms. The van der Waals surface area contributed by atoms with E-state index in [0.29, 0.717) is 0 Å². The molecular formula is C11H7ClF3NO. The van der Waals surface area contributed by atoms with E-state index >= 15 is 0 Å². The van der Waals surface area contributed by atoms with Gasteiger partial charge in [-0.05, 0) is 18.2 Å². The number of nitrogens with zero attached hydrogens (tertiary/aromatic N) is 1. The fourth-order valence-electron chi connectivity index (χ4n) is 1.10. The average Bonchev–Trinajstić information content (AvgIpc) is 2.24. The molecule has 0 saturated heterocycles. The van der Waals surface area contributed by atoms with Crippen LogP contribution in [0.3, 0.4) is 0 Å². The van der Waals surface area contributed by atoms with Crippen LogP contribution in [0.25, 0.3) is 0 Å². The Morgan fingerprint density at radius 3 is 2.59 bits per heavy atom. The van der Waals surface area contributed by atoms with Crippen LogP contribution in [0.4, 0.5) is 13.2 Å². The molecule has 2 nitrogen and oxygen atoms in total. The third-order valence-electron chi connectivity index (χ3n) is 1.80. The number of halogens is 4. The monoisotopic (exact) mass is 261 g/mol. The number of benzene rings is 1. The molecule has 1 rings (SSSR count). The number of ether oxygens (including phenoxy) is 1. The molecule has 90 valence electrons. The number of hydrogen-bond acceptors (Lipinski definition) is 2. The van der Waals surface area contributed by atoms with Crippen LogP contribution in [0.15, 0.2) is 29.8 Å². The normalized spacial score (nSPS) is 10.8. The molecule has 1 aromatic carbocycles. The predicted molar refractivity (Wildman–Crippen MR) is 56.6 cm³/mol. The first-order valence-electron chi connectivity index (χ1n) is 4.42. The number of nitriles is 1. The quantitative estimate of drug-likeness (QED) is 0.831. The van der Waals surface area contributed by atoms with Gasteiger partial charge in [0.1, 0.15) is 12.4 Å². The van der Waals surface area contributed by atoms with E-state index in [4.69, 9.17) is 21.6 Å². The lowest BCUT2D eigenvalue weighted by Crippen LogP contribution is -2.09. The van der Waals surface area contributed by atoms with Crippen LogP contribution in [0.5, 0.6) is 5.75 Å². The van der Waals surface area contributed by atoms with Crippen molar-refractivity contribution < 1.29 is 17.9 Å². The minimum Gasteiger partial charge on any atom is -0.487 e. The molecule has 0 aliphatic carbocycles. The predicted octanol–water partition coefficient (Wildman–Crippen LogP) is 3.71. The Bertz CT molecular complexity index is 477. The van der Waals surface area contributed by atoms with Crippen LogP contribution in [0, 0.1) is 11.3 Å². The van der Waals surface area contributed by atoms with Gasteiger partial charge in [0, 0.05) is 5.03 Å². The van der Waals surface area contributed by atoms with Crippen LogP contribution in [0.2, 0.25) is 0 Å². The van der Waals surface area contributed by atoms with Crippen molar-refractivity contribution >= 4 is 11.6 Å². The molecule has 1 aromatic rings. The summed E-state index contributed by atoms with van der Waals surface area (Å²) in [6, 6.07) is 4.68. The first-order valence-corrected chi connectivity index (χ1v) is 4.80. The molecule has 0 spiro atoms. The Balaban J connectivity index is 3.12. The van der Waals surface area contributed by atoms with Gasteiger partial charge in [-0.2, -0.15) is 18.4 Å². The third kappa shape index (κ3) is 3.68. The second-order valence-corrected chi connectivity index (χ2v) is 3.66. The van der Waals surface area contributed by atoms with Gasteiger partial charge in [0.2, 0.25) is 0 Å². The maximum atomic E-state index is 12.6. The summed E-state index contributed by atoms with van der Waals surface area (Å²) in [7, 11) is 0. The zero-order valence-corrected chi connectivity index (χ0v) is 9.27. The van der Waals surface area contributed by atoms with E-state index in [-0.39, 0.29) is 23.0 Å². The molecule has 0 saturated carbocycles. The molecule has 0 aliphatic heterocycles. The number of hydrogen-bond donors (Lipinski definition) is 0. The molecule has 0 unspecified atom stereocenters. The van der Waals surface area contributed by atoms with Crippen LogP contribution in [0.1, 0.15) is 11.1 Å². The Kier molecular flexibility index (Phi) is 4.02. The van der Waals surface area contributed by atoms with E-state index in [1.54, 1.807) is 6.07 Å². The Hall–Kier alpha value is -1.67. The van der Waals surface area contributed by atoms with Crippen LogP contribution < -0.4 is 4.74 Å². The fourth-order valence-corrected chi connectivity index (χ4v) is 1.16. The van der Waals surface area contributed by atoms with Gasteiger partial charge in [0.15, 0.2) is 0 Å². The summed E-state index contributed by atoms with van der Waals surface area (Å²) in [5.41, 5.74) is -1.09. The highest BCUT2D eigenvalue weighted by atomic mass is 35.5. The molecule has 0 aliphatic rings. The summed E-state index contributed by atoms with van der Waals surface area (Å²) < 4.78 is 42.8. The van der Waals surface area contributed by atoms with Crippen molar-refractivity contribution in [3.63, 3.8) is 0 Å². The lowest BCUT2D eigenvalue weighted by atomic mass is 10.1. The molecule has 0 heterocycles. The topological polar surface area (TPSA) is 33.0 Å². The minimum absolute atomic E-state index is 0.0856. The molecule has 0 amide bonds. The SMILES string of the molecule is C=C(Cl)COc1ccc(C#N)cc1C(F)(F)F. The Morgan fingerprint density at radius 2 is 2.12 bits per heavy atom. The van der Waals surface area contributed by atoms with Crippen molar-refractivity contribution in [1.82, 2.24) is 0 Å². The van der Waals surface area contributed by atoms with Gasteiger partial charge in [-0.3, -0.25) is 0 Å². The molecule has 0 aromatic heterocycles. The van der Waals surface area contributed by atoms with Gasteiger partial charge in [-0.15, -0.1) is 0 Å². The molecule has 0 atom stereocenters. The van der Waals surface area contributed by atoms with E-state index in [9.17, 15) is 13.2 Å². The maximum Gasteiger partial charge on any atom is 0.420 e. The van der Waals surface area contributed by atoms with Gasteiger partial charge in [0.25, 0.3) is 0 Å². The van der Waals surface area contributed by atoms with Crippen molar-refractivity contribution in [2.75, 3.05) is 6.61 Å². The third-order valence-corrected chi connectivity index (χ3v) is 1.91. The van der Waals surface area contributed by atoms with Gasteiger partial charge >= 0.3 is 6.18 Å². The van der Waals surface area contributed by atoms with Crippen molar-refractivity contribution in [3.05, 3.63) is 40.9 Å². The highest BCUT2D eigenvalue weighted by Gasteiger charge is 2.34. The molecule has 0 fully saturated rings. The van der Waals surface area contributed by atoms with E-state index < -0.39 is 11.7 Å². The highest BCUT2D eigenvalue weighted by molar-refractivity contribution is 6.29. The second kappa shape index (κ2) is 5.11. The lowest BCUT2D eigenvalue weighted by molar-refractivity contribution is -0.138. The summed E-state index contributed by atoms with van der Waals surface area (Å²) >= 11 is 5.40. The summed E-state index contributed by atoms with van der Waals surface area (Å²) in [4.78, 5) is 0. The Morgan fingerprint density at radius 1 is 1.47 bits per heavy atom. The minimum atomic E-state index is -4.59. The highest BCUT2D eigenvalue weighted by Crippen LogP contribution is 2.36. The number of alkyl halides is 3. The summed E-state index contributed by atoms with van der Waals surface area (Å²) in [5.74, 6) is -0.377. The molecule has 17 heavy (non-hydrogen) atoms. The zero-order valence-electron chi connectivity index (χ0n) is 8.51. The van der Waals surface area contributed by atoms with Gasteiger partial charge in [-0.1, -0.05) is 18.2 Å². The van der Waals surface area contributed by atoms with Crippen molar-refractivity contribution in [3.8, 4) is 11.8 Å². The first kappa shape index (κ1) is 13.4. The Labute approximate surface area is 101 Å². The van der Waals surface area contributed by atoms with Gasteiger partial charge in [0.05, 0.1) is 17.2 Å². The van der Waals surface area contributed by atoms with Crippen molar-refractivity contribution in [2.45, 2.75) is 6.18 Å². The molecule has 6 heteroatoms. The van der Waals surface area contributed by atoms with E-state index in [0.717, 1.165) is 12.1 Å². The summed E-state index contributed by atoms with van der Waals surface area (Å²) in [5, 5.41) is 8.63. The van der Waals surface area contributed by atoms with Crippen LogP contribution in [-0.2, 0) is 6.18 Å². The van der Waals surface area contributed by atoms with Crippen LogP contribution >= 0.6 is 11.6 Å². The maximum absolute atomic E-state index is 12.6. The first-order chi connectivity index (χ1) is 7.84. The van der Waals surface area contributed by atoms with E-state index in [1.807, 2.05) is 0 Å².